The number of amides is 1. The lowest BCUT2D eigenvalue weighted by Gasteiger charge is -2.28. The van der Waals surface area contributed by atoms with Crippen molar-refractivity contribution >= 4 is 17.4 Å². The van der Waals surface area contributed by atoms with Gasteiger partial charge in [-0.2, -0.15) is 0 Å². The summed E-state index contributed by atoms with van der Waals surface area (Å²) in [5.41, 5.74) is 2.34. The number of Topliss-reactive ketones (excluding diaryl/α,β-unsaturated/α-hetero) is 1. The van der Waals surface area contributed by atoms with Crippen LogP contribution in [0.25, 0.3) is 5.76 Å². The van der Waals surface area contributed by atoms with E-state index >= 15 is 0 Å². The molecule has 0 spiro atoms. The molecule has 2 aromatic carbocycles. The second-order valence-corrected chi connectivity index (χ2v) is 9.40. The van der Waals surface area contributed by atoms with Gasteiger partial charge in [0.25, 0.3) is 11.7 Å². The van der Waals surface area contributed by atoms with Gasteiger partial charge < -0.3 is 24.4 Å². The Balaban J connectivity index is 1.78. The van der Waals surface area contributed by atoms with Crippen LogP contribution >= 0.6 is 0 Å². The molecule has 0 radical (unpaired) electrons. The van der Waals surface area contributed by atoms with Gasteiger partial charge in [-0.05, 0) is 67.9 Å². The summed E-state index contributed by atoms with van der Waals surface area (Å²) in [5.74, 6) is 0.0445. The molecule has 2 heterocycles. The van der Waals surface area contributed by atoms with Crippen molar-refractivity contribution in [3.8, 4) is 11.5 Å². The van der Waals surface area contributed by atoms with E-state index in [4.69, 9.17) is 9.47 Å². The second-order valence-electron chi connectivity index (χ2n) is 9.40. The lowest BCUT2D eigenvalue weighted by molar-refractivity contribution is -0.140. The van der Waals surface area contributed by atoms with Crippen LogP contribution in [0.5, 0.6) is 11.5 Å². The fraction of sp³-hybridized carbons (Fsp3) is 0.448. The van der Waals surface area contributed by atoms with E-state index in [1.54, 1.807) is 11.0 Å². The van der Waals surface area contributed by atoms with E-state index in [1.165, 1.54) is 0 Å². The highest BCUT2D eigenvalue weighted by molar-refractivity contribution is 6.46. The minimum Gasteiger partial charge on any atom is -0.507 e. The molecule has 1 saturated heterocycles. The van der Waals surface area contributed by atoms with Crippen LogP contribution in [0.2, 0.25) is 0 Å². The summed E-state index contributed by atoms with van der Waals surface area (Å²) in [6, 6.07) is 12.2. The average molecular weight is 493 g/mol. The van der Waals surface area contributed by atoms with Gasteiger partial charge in [-0.3, -0.25) is 9.59 Å². The number of ether oxygens (including phenoxy) is 2. The van der Waals surface area contributed by atoms with Crippen molar-refractivity contribution in [1.82, 2.24) is 9.80 Å². The Morgan fingerprint density at radius 1 is 1.14 bits per heavy atom. The predicted molar refractivity (Wildman–Crippen MR) is 139 cm³/mol. The number of fused-ring (bicyclic) bond motifs is 1. The molecule has 36 heavy (non-hydrogen) atoms. The van der Waals surface area contributed by atoms with Gasteiger partial charge in [0.1, 0.15) is 23.4 Å². The smallest absolute Gasteiger partial charge is 0.295 e. The number of likely N-dealkylation sites (N-methyl/N-ethyl adjacent to an activating group) is 1. The van der Waals surface area contributed by atoms with Crippen molar-refractivity contribution < 1.29 is 24.2 Å². The van der Waals surface area contributed by atoms with E-state index in [0.29, 0.717) is 31.0 Å². The van der Waals surface area contributed by atoms with Gasteiger partial charge in [-0.15, -0.1) is 0 Å². The van der Waals surface area contributed by atoms with E-state index in [9.17, 15) is 14.7 Å². The van der Waals surface area contributed by atoms with Crippen LogP contribution in [0.15, 0.2) is 48.0 Å². The van der Waals surface area contributed by atoms with E-state index in [0.717, 1.165) is 42.8 Å². The summed E-state index contributed by atoms with van der Waals surface area (Å²) in [4.78, 5) is 30.4. The fourth-order valence-electron chi connectivity index (χ4n) is 4.97. The van der Waals surface area contributed by atoms with E-state index in [1.807, 2.05) is 50.2 Å². The minimum absolute atomic E-state index is 0.0638. The van der Waals surface area contributed by atoms with Crippen molar-refractivity contribution in [2.45, 2.75) is 52.7 Å². The lowest BCUT2D eigenvalue weighted by atomic mass is 9.94. The maximum absolute atomic E-state index is 13.4. The molecule has 1 N–H and O–H groups in total. The Hall–Kier alpha value is -3.32. The van der Waals surface area contributed by atoms with Crippen molar-refractivity contribution in [3.63, 3.8) is 0 Å². The summed E-state index contributed by atoms with van der Waals surface area (Å²) >= 11 is 0. The topological polar surface area (TPSA) is 79.3 Å². The molecule has 1 amide bonds. The number of nitrogens with zero attached hydrogens (tertiary/aromatic N) is 2. The van der Waals surface area contributed by atoms with E-state index in [2.05, 4.69) is 18.7 Å². The van der Waals surface area contributed by atoms with Gasteiger partial charge in [-0.1, -0.05) is 32.9 Å². The van der Waals surface area contributed by atoms with Crippen LogP contribution in [-0.2, 0) is 16.0 Å². The van der Waals surface area contributed by atoms with Crippen molar-refractivity contribution in [1.29, 1.82) is 0 Å². The molecule has 4 rings (SSSR count). The number of ketones is 1. The van der Waals surface area contributed by atoms with Gasteiger partial charge in [0.05, 0.1) is 18.2 Å². The number of rotatable bonds is 10. The van der Waals surface area contributed by atoms with Gasteiger partial charge >= 0.3 is 0 Å². The highest BCUT2D eigenvalue weighted by Crippen LogP contribution is 2.41. The largest absolute Gasteiger partial charge is 0.507 e. The van der Waals surface area contributed by atoms with E-state index < -0.39 is 17.7 Å². The molecule has 0 saturated carbocycles. The van der Waals surface area contributed by atoms with Gasteiger partial charge in [0.15, 0.2) is 0 Å². The number of aliphatic hydroxyl groups excluding tert-OH is 1. The average Bonchev–Trinajstić information content (AvgIpc) is 3.38. The monoisotopic (exact) mass is 492 g/mol. The number of benzene rings is 2. The molecule has 2 aliphatic heterocycles. The molecule has 2 aromatic rings. The zero-order valence-electron chi connectivity index (χ0n) is 21.6. The highest BCUT2D eigenvalue weighted by Gasteiger charge is 2.46. The molecule has 7 heteroatoms. The number of carbonyl (C=O) groups excluding carboxylic acids is 2. The first-order valence-corrected chi connectivity index (χ1v) is 12.9. The standard InChI is InChI=1S/C29H36N2O5/c1-5-15-35-23-10-8-9-20(18-23)26-25(28(33)29(34)31(26)14-13-30(6-2)7-3)27(32)21-11-12-24-22(17-21)16-19(4)36-24/h8-12,17-19,26,32H,5-7,13-16H2,1-4H3/t19-,26+/m1/s1. The van der Waals surface area contributed by atoms with Crippen molar-refractivity contribution in [2.75, 3.05) is 32.8 Å². The van der Waals surface area contributed by atoms with E-state index in [-0.39, 0.29) is 17.4 Å². The quantitative estimate of drug-likeness (QED) is 0.298. The first kappa shape index (κ1) is 25.8. The minimum atomic E-state index is -0.700. The summed E-state index contributed by atoms with van der Waals surface area (Å²) < 4.78 is 11.6. The Morgan fingerprint density at radius 3 is 2.64 bits per heavy atom. The van der Waals surface area contributed by atoms with Crippen molar-refractivity contribution in [3.05, 3.63) is 64.7 Å². The van der Waals surface area contributed by atoms with Crippen LogP contribution in [0.1, 0.15) is 56.8 Å². The van der Waals surface area contributed by atoms with Crippen LogP contribution in [0.4, 0.5) is 0 Å². The van der Waals surface area contributed by atoms with Gasteiger partial charge in [0.2, 0.25) is 0 Å². The zero-order chi connectivity index (χ0) is 25.8. The lowest BCUT2D eigenvalue weighted by Crippen LogP contribution is -2.38. The van der Waals surface area contributed by atoms with Gasteiger partial charge in [-0.25, -0.2) is 0 Å². The Labute approximate surface area is 213 Å². The Kier molecular flexibility index (Phi) is 7.99. The molecule has 0 aliphatic carbocycles. The first-order chi connectivity index (χ1) is 17.4. The number of aliphatic hydroxyl groups is 1. The third-order valence-corrected chi connectivity index (χ3v) is 6.91. The summed E-state index contributed by atoms with van der Waals surface area (Å²) in [7, 11) is 0. The number of likely N-dealkylation sites (tertiary alicyclic amines) is 1. The molecule has 192 valence electrons. The summed E-state index contributed by atoms with van der Waals surface area (Å²) in [6.45, 7) is 11.5. The predicted octanol–water partition coefficient (Wildman–Crippen LogP) is 4.56. The first-order valence-electron chi connectivity index (χ1n) is 12.9. The number of carbonyl (C=O) groups is 2. The van der Waals surface area contributed by atoms with Crippen LogP contribution in [-0.4, -0.2) is 65.5 Å². The zero-order valence-corrected chi connectivity index (χ0v) is 21.6. The molecule has 1 fully saturated rings. The molecule has 2 atom stereocenters. The third kappa shape index (κ3) is 5.12. The van der Waals surface area contributed by atoms with Crippen LogP contribution in [0, 0.1) is 0 Å². The fourth-order valence-corrected chi connectivity index (χ4v) is 4.97. The van der Waals surface area contributed by atoms with Crippen LogP contribution < -0.4 is 9.47 Å². The Morgan fingerprint density at radius 2 is 1.92 bits per heavy atom. The molecule has 0 aromatic heterocycles. The molecule has 0 bridgehead atoms. The van der Waals surface area contributed by atoms with Crippen molar-refractivity contribution in [2.24, 2.45) is 0 Å². The van der Waals surface area contributed by atoms with Crippen LogP contribution in [0.3, 0.4) is 0 Å². The van der Waals surface area contributed by atoms with Gasteiger partial charge in [0, 0.05) is 25.1 Å². The molecule has 2 aliphatic rings. The summed E-state index contributed by atoms with van der Waals surface area (Å²) in [5, 5.41) is 11.4. The SMILES string of the molecule is CCCOc1cccc([C@H]2C(=C(O)c3ccc4c(c3)C[C@@H](C)O4)C(=O)C(=O)N2CCN(CC)CC)c1. The Bertz CT molecular complexity index is 1150. The number of hydrogen-bond donors (Lipinski definition) is 1. The number of hydrogen-bond acceptors (Lipinski definition) is 6. The third-order valence-electron chi connectivity index (χ3n) is 6.91. The molecular weight excluding hydrogens is 456 g/mol. The summed E-state index contributed by atoms with van der Waals surface area (Å²) in [6.07, 6.45) is 1.66. The highest BCUT2D eigenvalue weighted by atomic mass is 16.5. The normalized spacial score (nSPS) is 20.6. The maximum Gasteiger partial charge on any atom is 0.295 e. The maximum atomic E-state index is 13.4. The molecule has 7 nitrogen and oxygen atoms in total. The molecule has 0 unspecified atom stereocenters. The second kappa shape index (κ2) is 11.2. The molecular formula is C29H36N2O5.